The van der Waals surface area contributed by atoms with E-state index in [2.05, 4.69) is 10.5 Å². The first-order valence-corrected chi connectivity index (χ1v) is 5.60. The third-order valence-electron chi connectivity index (χ3n) is 2.19. The number of rotatable bonds is 7. The Bertz CT molecular complexity index is 380. The Morgan fingerprint density at radius 2 is 2.44 bits per heavy atom. The van der Waals surface area contributed by atoms with Crippen molar-refractivity contribution < 1.29 is 19.2 Å². The van der Waals surface area contributed by atoms with Crippen LogP contribution in [-0.4, -0.2) is 61.0 Å². The summed E-state index contributed by atoms with van der Waals surface area (Å²) in [5, 5.41) is 15.7. The van der Waals surface area contributed by atoms with Crippen LogP contribution in [0.5, 0.6) is 0 Å². The summed E-state index contributed by atoms with van der Waals surface area (Å²) < 4.78 is 9.67. The van der Waals surface area contributed by atoms with E-state index in [0.717, 1.165) is 0 Å². The summed E-state index contributed by atoms with van der Waals surface area (Å²) in [4.78, 5) is 13.3. The van der Waals surface area contributed by atoms with Crippen LogP contribution in [0.3, 0.4) is 0 Å². The van der Waals surface area contributed by atoms with Crippen LogP contribution in [0.15, 0.2) is 10.6 Å². The second-order valence-corrected chi connectivity index (χ2v) is 4.19. The molecule has 0 saturated heterocycles. The lowest BCUT2D eigenvalue weighted by molar-refractivity contribution is -0.117. The van der Waals surface area contributed by atoms with Crippen molar-refractivity contribution in [1.29, 1.82) is 0 Å². The van der Waals surface area contributed by atoms with Crippen molar-refractivity contribution in [2.45, 2.75) is 13.0 Å². The van der Waals surface area contributed by atoms with Gasteiger partial charge in [-0.1, -0.05) is 5.16 Å². The van der Waals surface area contributed by atoms with Crippen molar-refractivity contribution in [3.05, 3.63) is 11.8 Å². The number of hydrogen-bond acceptors (Lipinski definition) is 6. The average Bonchev–Trinajstić information content (AvgIpc) is 2.63. The van der Waals surface area contributed by atoms with Gasteiger partial charge >= 0.3 is 0 Å². The molecule has 0 aliphatic carbocycles. The molecule has 2 N–H and O–H groups in total. The van der Waals surface area contributed by atoms with Gasteiger partial charge in [-0.3, -0.25) is 15.0 Å². The number of carbonyl (C=O) groups excluding carboxylic acids is 1. The zero-order valence-electron chi connectivity index (χ0n) is 10.8. The van der Waals surface area contributed by atoms with Crippen LogP contribution in [0.1, 0.15) is 5.69 Å². The van der Waals surface area contributed by atoms with E-state index >= 15 is 0 Å². The second kappa shape index (κ2) is 7.10. The predicted octanol–water partition coefficient (Wildman–Crippen LogP) is -0.139. The molecule has 7 nitrogen and oxygen atoms in total. The van der Waals surface area contributed by atoms with Crippen LogP contribution in [0.25, 0.3) is 0 Å². The maximum Gasteiger partial charge on any atom is 0.240 e. The van der Waals surface area contributed by atoms with Gasteiger partial charge in [-0.25, -0.2) is 0 Å². The average molecular weight is 257 g/mol. The van der Waals surface area contributed by atoms with Crippen LogP contribution in [-0.2, 0) is 9.53 Å². The van der Waals surface area contributed by atoms with E-state index in [4.69, 9.17) is 9.26 Å². The summed E-state index contributed by atoms with van der Waals surface area (Å²) in [5.41, 5.74) is 0.703. The van der Waals surface area contributed by atoms with E-state index in [1.54, 1.807) is 24.9 Å². The molecule has 0 saturated carbocycles. The van der Waals surface area contributed by atoms with Gasteiger partial charge in [0.15, 0.2) is 0 Å². The number of aliphatic hydroxyl groups excluding tert-OH is 1. The molecule has 102 valence electrons. The molecule has 18 heavy (non-hydrogen) atoms. The monoisotopic (exact) mass is 257 g/mol. The number of ether oxygens (including phenoxy) is 1. The molecule has 0 bridgehead atoms. The molecule has 0 spiro atoms. The topological polar surface area (TPSA) is 87.8 Å². The van der Waals surface area contributed by atoms with Crippen molar-refractivity contribution in [2.75, 3.05) is 39.2 Å². The summed E-state index contributed by atoms with van der Waals surface area (Å²) in [6, 6.07) is 1.64. The van der Waals surface area contributed by atoms with E-state index in [-0.39, 0.29) is 19.1 Å². The highest BCUT2D eigenvalue weighted by molar-refractivity contribution is 5.90. The van der Waals surface area contributed by atoms with Gasteiger partial charge in [-0.05, 0) is 14.0 Å². The first-order chi connectivity index (χ1) is 8.51. The minimum absolute atomic E-state index is 0.153. The van der Waals surface area contributed by atoms with E-state index in [1.807, 2.05) is 0 Å². The molecule has 1 unspecified atom stereocenters. The fourth-order valence-electron chi connectivity index (χ4n) is 1.51. The highest BCUT2D eigenvalue weighted by Gasteiger charge is 2.12. The number of aromatic nitrogens is 1. The highest BCUT2D eigenvalue weighted by atomic mass is 16.5. The SMILES string of the molecule is COCC(O)CN(C)CC(=O)Nc1cc(C)no1. The maximum atomic E-state index is 11.6. The van der Waals surface area contributed by atoms with Gasteiger partial charge in [-0.2, -0.15) is 0 Å². The van der Waals surface area contributed by atoms with Crippen molar-refractivity contribution in [3.63, 3.8) is 0 Å². The molecule has 1 heterocycles. The van der Waals surface area contributed by atoms with Crippen LogP contribution < -0.4 is 5.32 Å². The number of nitrogens with zero attached hydrogens (tertiary/aromatic N) is 2. The second-order valence-electron chi connectivity index (χ2n) is 4.19. The molecule has 1 aromatic heterocycles. The van der Waals surface area contributed by atoms with Gasteiger partial charge in [0.25, 0.3) is 0 Å². The van der Waals surface area contributed by atoms with Crippen LogP contribution >= 0.6 is 0 Å². The normalized spacial score (nSPS) is 12.7. The van der Waals surface area contributed by atoms with Crippen molar-refractivity contribution in [2.24, 2.45) is 0 Å². The third kappa shape index (κ3) is 5.26. The van der Waals surface area contributed by atoms with Crippen LogP contribution in [0, 0.1) is 6.92 Å². The molecule has 7 heteroatoms. The molecule has 0 aliphatic rings. The summed E-state index contributed by atoms with van der Waals surface area (Å²) in [5.74, 6) is 0.0987. The lowest BCUT2D eigenvalue weighted by atomic mass is 10.3. The Balaban J connectivity index is 2.31. The van der Waals surface area contributed by atoms with Crippen molar-refractivity contribution in [1.82, 2.24) is 10.1 Å². The number of aliphatic hydroxyl groups is 1. The number of methoxy groups -OCH3 is 1. The van der Waals surface area contributed by atoms with Gasteiger partial charge < -0.3 is 14.4 Å². The maximum absolute atomic E-state index is 11.6. The first-order valence-electron chi connectivity index (χ1n) is 5.60. The summed E-state index contributed by atoms with van der Waals surface area (Å²) >= 11 is 0. The molecule has 1 rings (SSSR count). The summed E-state index contributed by atoms with van der Waals surface area (Å²) in [7, 11) is 3.26. The summed E-state index contributed by atoms with van der Waals surface area (Å²) in [6.45, 7) is 2.52. The Kier molecular flexibility index (Phi) is 5.76. The van der Waals surface area contributed by atoms with E-state index in [0.29, 0.717) is 18.1 Å². The van der Waals surface area contributed by atoms with Gasteiger partial charge in [0, 0.05) is 19.7 Å². The Morgan fingerprint density at radius 3 is 3.00 bits per heavy atom. The van der Waals surface area contributed by atoms with E-state index in [1.165, 1.54) is 7.11 Å². The van der Waals surface area contributed by atoms with Crippen molar-refractivity contribution >= 4 is 11.8 Å². The quantitative estimate of drug-likeness (QED) is 0.707. The number of nitrogens with one attached hydrogen (secondary N) is 1. The molecule has 0 aromatic carbocycles. The standard InChI is InChI=1S/C11H19N3O4/c1-8-4-11(18-13-8)12-10(16)6-14(2)5-9(15)7-17-3/h4,9,15H,5-7H2,1-3H3,(H,12,16). The lowest BCUT2D eigenvalue weighted by Gasteiger charge is -2.19. The van der Waals surface area contributed by atoms with Crippen LogP contribution in [0.2, 0.25) is 0 Å². The van der Waals surface area contributed by atoms with Crippen LogP contribution in [0.4, 0.5) is 5.88 Å². The van der Waals surface area contributed by atoms with Gasteiger partial charge in [0.1, 0.15) is 0 Å². The fraction of sp³-hybridized carbons (Fsp3) is 0.636. The largest absolute Gasteiger partial charge is 0.389 e. The molecule has 1 aromatic rings. The number of likely N-dealkylation sites (N-methyl/N-ethyl adjacent to an activating group) is 1. The van der Waals surface area contributed by atoms with Gasteiger partial charge in [0.05, 0.1) is 24.9 Å². The van der Waals surface area contributed by atoms with Crippen molar-refractivity contribution in [3.8, 4) is 0 Å². The molecule has 1 amide bonds. The zero-order chi connectivity index (χ0) is 13.5. The molecule has 0 fully saturated rings. The van der Waals surface area contributed by atoms with E-state index in [9.17, 15) is 9.90 Å². The Morgan fingerprint density at radius 1 is 1.72 bits per heavy atom. The number of carbonyl (C=O) groups is 1. The highest BCUT2D eigenvalue weighted by Crippen LogP contribution is 2.07. The van der Waals surface area contributed by atoms with E-state index < -0.39 is 6.10 Å². The number of hydrogen-bond donors (Lipinski definition) is 2. The molecular weight excluding hydrogens is 238 g/mol. The summed E-state index contributed by atoms with van der Waals surface area (Å²) in [6.07, 6.45) is -0.611. The molecule has 0 aliphatic heterocycles. The minimum atomic E-state index is -0.611. The minimum Gasteiger partial charge on any atom is -0.389 e. The Hall–Kier alpha value is -1.44. The number of anilines is 1. The molecule has 0 radical (unpaired) electrons. The van der Waals surface area contributed by atoms with Gasteiger partial charge in [0.2, 0.25) is 11.8 Å². The fourth-order valence-corrected chi connectivity index (χ4v) is 1.51. The number of aryl methyl sites for hydroxylation is 1. The lowest BCUT2D eigenvalue weighted by Crippen LogP contribution is -2.37. The number of amides is 1. The first kappa shape index (κ1) is 14.6. The predicted molar refractivity (Wildman–Crippen MR) is 65.2 cm³/mol. The molecule has 1 atom stereocenters. The Labute approximate surface area is 106 Å². The van der Waals surface area contributed by atoms with Gasteiger partial charge in [-0.15, -0.1) is 0 Å². The third-order valence-corrected chi connectivity index (χ3v) is 2.19. The smallest absolute Gasteiger partial charge is 0.240 e. The molecular formula is C11H19N3O4. The zero-order valence-corrected chi connectivity index (χ0v) is 10.8.